The lowest BCUT2D eigenvalue weighted by molar-refractivity contribution is 0.0991. The molecule has 124 valence electrons. The Labute approximate surface area is 134 Å². The predicted octanol–water partition coefficient (Wildman–Crippen LogP) is 2.23. The number of furan rings is 1. The molecule has 2 N–H and O–H groups in total. The first-order chi connectivity index (χ1) is 11.0. The maximum Gasteiger partial charge on any atom is 0.291 e. The molecule has 0 bridgehead atoms. The maximum atomic E-state index is 12.2. The van der Waals surface area contributed by atoms with Crippen LogP contribution < -0.4 is 14.8 Å². The minimum Gasteiger partial charge on any atom is -0.491 e. The van der Waals surface area contributed by atoms with E-state index >= 15 is 0 Å². The van der Waals surface area contributed by atoms with Gasteiger partial charge < -0.3 is 14.5 Å². The summed E-state index contributed by atoms with van der Waals surface area (Å²) in [6.45, 7) is 2.51. The van der Waals surface area contributed by atoms with Crippen molar-refractivity contribution in [3.05, 3.63) is 42.2 Å². The second kappa shape index (κ2) is 7.30. The molecule has 0 radical (unpaired) electrons. The quantitative estimate of drug-likeness (QED) is 0.807. The summed E-state index contributed by atoms with van der Waals surface area (Å²) in [5.41, 5.74) is 0.486. The normalized spacial score (nSPS) is 11.2. The van der Waals surface area contributed by atoms with Crippen LogP contribution >= 0.6 is 0 Å². The number of hydrogen-bond acceptors (Lipinski definition) is 5. The Bertz CT molecular complexity index is 783. The van der Waals surface area contributed by atoms with Crippen LogP contribution in [-0.2, 0) is 10.0 Å². The predicted molar refractivity (Wildman–Crippen MR) is 85.1 cm³/mol. The molecule has 2 aromatic rings. The largest absolute Gasteiger partial charge is 0.491 e. The van der Waals surface area contributed by atoms with Crippen LogP contribution in [0.1, 0.15) is 23.9 Å². The van der Waals surface area contributed by atoms with Gasteiger partial charge in [-0.3, -0.25) is 4.79 Å². The summed E-state index contributed by atoms with van der Waals surface area (Å²) in [5.74, 6) is -0.128. The van der Waals surface area contributed by atoms with Gasteiger partial charge in [-0.15, -0.1) is 0 Å². The van der Waals surface area contributed by atoms with Gasteiger partial charge in [0, 0.05) is 0 Å². The van der Waals surface area contributed by atoms with E-state index in [1.54, 1.807) is 24.3 Å². The number of hydrogen-bond donors (Lipinski definition) is 2. The van der Waals surface area contributed by atoms with Crippen LogP contribution in [0.5, 0.6) is 5.75 Å². The summed E-state index contributed by atoms with van der Waals surface area (Å²) in [6, 6.07) is 9.51. The van der Waals surface area contributed by atoms with E-state index in [1.807, 2.05) is 6.92 Å². The van der Waals surface area contributed by atoms with E-state index in [0.717, 1.165) is 6.42 Å². The molecule has 8 heteroatoms. The van der Waals surface area contributed by atoms with Crippen molar-refractivity contribution in [3.63, 3.8) is 0 Å². The molecule has 7 nitrogen and oxygen atoms in total. The Kier molecular flexibility index (Phi) is 5.41. The maximum absolute atomic E-state index is 12.2. The monoisotopic (exact) mass is 338 g/mol. The fourth-order valence-electron chi connectivity index (χ4n) is 1.78. The van der Waals surface area contributed by atoms with E-state index < -0.39 is 15.9 Å². The van der Waals surface area contributed by atoms with E-state index in [0.29, 0.717) is 18.0 Å². The van der Waals surface area contributed by atoms with Crippen molar-refractivity contribution in [1.82, 2.24) is 4.72 Å². The van der Waals surface area contributed by atoms with E-state index in [1.165, 1.54) is 19.2 Å². The summed E-state index contributed by atoms with van der Waals surface area (Å²) < 4.78 is 36.0. The molecule has 0 unspecified atom stereocenters. The summed E-state index contributed by atoms with van der Waals surface area (Å²) in [5, 5.41) is 2.33. The van der Waals surface area contributed by atoms with E-state index in [-0.39, 0.29) is 10.9 Å². The van der Waals surface area contributed by atoms with Gasteiger partial charge in [-0.25, -0.2) is 13.1 Å². The van der Waals surface area contributed by atoms with Crippen molar-refractivity contribution < 1.29 is 22.4 Å². The first-order valence-electron chi connectivity index (χ1n) is 7.04. The van der Waals surface area contributed by atoms with Crippen molar-refractivity contribution in [2.24, 2.45) is 0 Å². The standard InChI is InChI=1S/C15H18N2O5S/c1-3-10-21-12-7-5-4-6-11(12)17-15(18)13-8-9-14(22-13)23(19,20)16-2/h4-9,16H,3,10H2,1-2H3,(H,17,18). The number of rotatable bonds is 7. The molecule has 1 amide bonds. The number of benzene rings is 1. The van der Waals surface area contributed by atoms with Crippen molar-refractivity contribution in [1.29, 1.82) is 0 Å². The fraction of sp³-hybridized carbons (Fsp3) is 0.267. The Morgan fingerprint density at radius 2 is 1.96 bits per heavy atom. The third-order valence-electron chi connectivity index (χ3n) is 2.94. The molecule has 0 saturated heterocycles. The molecule has 23 heavy (non-hydrogen) atoms. The van der Waals surface area contributed by atoms with Gasteiger partial charge in [0.2, 0.25) is 5.09 Å². The first-order valence-corrected chi connectivity index (χ1v) is 8.53. The Hall–Kier alpha value is -2.32. The van der Waals surface area contributed by atoms with Crippen LogP contribution in [0.2, 0.25) is 0 Å². The Balaban J connectivity index is 2.17. The lowest BCUT2D eigenvalue weighted by Crippen LogP contribution is -2.18. The van der Waals surface area contributed by atoms with Crippen LogP contribution in [0.3, 0.4) is 0 Å². The molecule has 0 aliphatic heterocycles. The van der Waals surface area contributed by atoms with E-state index in [4.69, 9.17) is 9.15 Å². The summed E-state index contributed by atoms with van der Waals surface area (Å²) >= 11 is 0. The third-order valence-corrected chi connectivity index (χ3v) is 4.22. The van der Waals surface area contributed by atoms with Crippen molar-refractivity contribution in [2.45, 2.75) is 18.4 Å². The third kappa shape index (κ3) is 4.11. The molecule has 0 aliphatic rings. The molecule has 1 heterocycles. The summed E-state index contributed by atoms with van der Waals surface area (Å²) in [7, 11) is -2.46. The topological polar surface area (TPSA) is 97.6 Å². The highest BCUT2D eigenvalue weighted by Crippen LogP contribution is 2.25. The van der Waals surface area contributed by atoms with Gasteiger partial charge in [0.05, 0.1) is 12.3 Å². The van der Waals surface area contributed by atoms with Gasteiger partial charge in [-0.2, -0.15) is 0 Å². The molecule has 0 fully saturated rings. The highest BCUT2D eigenvalue weighted by atomic mass is 32.2. The summed E-state index contributed by atoms with van der Waals surface area (Å²) in [6.07, 6.45) is 0.839. The van der Waals surface area contributed by atoms with E-state index in [2.05, 4.69) is 10.0 Å². The average molecular weight is 338 g/mol. The molecule has 1 aromatic heterocycles. The first kappa shape index (κ1) is 17.0. The van der Waals surface area contributed by atoms with Crippen molar-refractivity contribution >= 4 is 21.6 Å². The zero-order chi connectivity index (χ0) is 16.9. The number of amides is 1. The smallest absolute Gasteiger partial charge is 0.291 e. The van der Waals surface area contributed by atoms with E-state index in [9.17, 15) is 13.2 Å². The average Bonchev–Trinajstić information content (AvgIpc) is 3.05. The lowest BCUT2D eigenvalue weighted by Gasteiger charge is -2.11. The van der Waals surface area contributed by atoms with Crippen LogP contribution in [-0.4, -0.2) is 28.0 Å². The van der Waals surface area contributed by atoms with Crippen LogP contribution in [0.25, 0.3) is 0 Å². The van der Waals surface area contributed by atoms with Gasteiger partial charge in [0.15, 0.2) is 5.76 Å². The molecule has 1 aromatic carbocycles. The van der Waals surface area contributed by atoms with Gasteiger partial charge in [-0.05, 0) is 37.7 Å². The molecule has 0 saturated carbocycles. The number of sulfonamides is 1. The molecular weight excluding hydrogens is 320 g/mol. The van der Waals surface area contributed by atoms with Crippen LogP contribution in [0, 0.1) is 0 Å². The molecule has 0 spiro atoms. The SMILES string of the molecule is CCCOc1ccccc1NC(=O)c1ccc(S(=O)(=O)NC)o1. The second-order valence-corrected chi connectivity index (χ2v) is 6.44. The number of nitrogens with one attached hydrogen (secondary N) is 2. The highest BCUT2D eigenvalue weighted by Gasteiger charge is 2.20. The van der Waals surface area contributed by atoms with Gasteiger partial charge in [0.1, 0.15) is 5.75 Å². The molecular formula is C15H18N2O5S. The van der Waals surface area contributed by atoms with Crippen molar-refractivity contribution in [2.75, 3.05) is 19.0 Å². The van der Waals surface area contributed by atoms with Crippen LogP contribution in [0.4, 0.5) is 5.69 Å². The minimum absolute atomic E-state index is 0.107. The second-order valence-electron chi connectivity index (χ2n) is 4.62. The molecule has 0 aliphatic carbocycles. The number of carbonyl (C=O) groups is 1. The number of para-hydroxylation sites is 2. The van der Waals surface area contributed by atoms with Gasteiger partial charge in [-0.1, -0.05) is 19.1 Å². The zero-order valence-electron chi connectivity index (χ0n) is 12.8. The Morgan fingerprint density at radius 1 is 1.22 bits per heavy atom. The zero-order valence-corrected chi connectivity index (χ0v) is 13.6. The Morgan fingerprint density at radius 3 is 2.65 bits per heavy atom. The van der Waals surface area contributed by atoms with Gasteiger partial charge >= 0.3 is 0 Å². The highest BCUT2D eigenvalue weighted by molar-refractivity contribution is 7.89. The van der Waals surface area contributed by atoms with Crippen LogP contribution in [0.15, 0.2) is 45.9 Å². The minimum atomic E-state index is -3.73. The van der Waals surface area contributed by atoms with Crippen molar-refractivity contribution in [3.8, 4) is 5.75 Å². The number of ether oxygens (including phenoxy) is 1. The lowest BCUT2D eigenvalue weighted by atomic mass is 10.3. The summed E-state index contributed by atoms with van der Waals surface area (Å²) in [4.78, 5) is 12.2. The van der Waals surface area contributed by atoms with Gasteiger partial charge in [0.25, 0.3) is 15.9 Å². The number of carbonyl (C=O) groups excluding carboxylic acids is 1. The number of anilines is 1. The molecule has 2 rings (SSSR count). The fourth-order valence-corrected chi connectivity index (χ4v) is 2.43. The molecule has 0 atom stereocenters.